The molecule has 0 atom stereocenters. The van der Waals surface area contributed by atoms with Crippen molar-refractivity contribution in [1.82, 2.24) is 10.6 Å². The molecule has 2 amide bonds. The fourth-order valence-corrected chi connectivity index (χ4v) is 3.10. The van der Waals surface area contributed by atoms with Crippen LogP contribution in [0.5, 0.6) is 0 Å². The van der Waals surface area contributed by atoms with E-state index < -0.39 is 11.8 Å². The summed E-state index contributed by atoms with van der Waals surface area (Å²) >= 11 is 0. The summed E-state index contributed by atoms with van der Waals surface area (Å²) in [4.78, 5) is 23.5. The number of hydrogen-bond donors (Lipinski definition) is 3. The summed E-state index contributed by atoms with van der Waals surface area (Å²) in [6.07, 6.45) is 4.81. The standard InChI is InChI=1S/C17H24N2O3/c20-12-6-11-18-15(21)16(22)19-13-17(9-4-5-10-17)14-7-2-1-3-8-14/h1-3,7-8,20H,4-6,9-13H2,(H,18,21)(H,19,22). The van der Waals surface area contributed by atoms with Gasteiger partial charge < -0.3 is 15.7 Å². The van der Waals surface area contributed by atoms with Crippen molar-refractivity contribution in [3.63, 3.8) is 0 Å². The van der Waals surface area contributed by atoms with Crippen LogP contribution < -0.4 is 10.6 Å². The first-order chi connectivity index (χ1) is 10.7. The molecule has 0 spiro atoms. The van der Waals surface area contributed by atoms with Gasteiger partial charge >= 0.3 is 11.8 Å². The van der Waals surface area contributed by atoms with Crippen LogP contribution >= 0.6 is 0 Å². The number of aliphatic hydroxyl groups is 1. The van der Waals surface area contributed by atoms with E-state index in [0.717, 1.165) is 25.7 Å². The highest BCUT2D eigenvalue weighted by Crippen LogP contribution is 2.40. The molecule has 0 aliphatic heterocycles. The van der Waals surface area contributed by atoms with Gasteiger partial charge in [0.2, 0.25) is 0 Å². The SMILES string of the molecule is O=C(NCCCO)C(=O)NCC1(c2ccccc2)CCCC1. The summed E-state index contributed by atoms with van der Waals surface area (Å²) in [6, 6.07) is 10.2. The number of carbonyl (C=O) groups excluding carboxylic acids is 2. The van der Waals surface area contributed by atoms with Crippen LogP contribution in [0.3, 0.4) is 0 Å². The van der Waals surface area contributed by atoms with Crippen LogP contribution in [0.1, 0.15) is 37.7 Å². The molecule has 5 nitrogen and oxygen atoms in total. The first-order valence-electron chi connectivity index (χ1n) is 7.90. The lowest BCUT2D eigenvalue weighted by atomic mass is 9.79. The highest BCUT2D eigenvalue weighted by Gasteiger charge is 2.36. The zero-order valence-corrected chi connectivity index (χ0v) is 12.8. The van der Waals surface area contributed by atoms with Crippen molar-refractivity contribution >= 4 is 11.8 Å². The second kappa shape index (κ2) is 7.94. The Morgan fingerprint density at radius 1 is 1.05 bits per heavy atom. The van der Waals surface area contributed by atoms with E-state index in [2.05, 4.69) is 22.8 Å². The molecule has 0 bridgehead atoms. The van der Waals surface area contributed by atoms with Gasteiger partial charge in [0.1, 0.15) is 0 Å². The Morgan fingerprint density at radius 2 is 1.68 bits per heavy atom. The van der Waals surface area contributed by atoms with E-state index in [0.29, 0.717) is 19.5 Å². The minimum atomic E-state index is -0.630. The number of carbonyl (C=O) groups is 2. The Morgan fingerprint density at radius 3 is 2.32 bits per heavy atom. The number of hydrogen-bond acceptors (Lipinski definition) is 3. The van der Waals surface area contributed by atoms with Gasteiger partial charge in [-0.15, -0.1) is 0 Å². The van der Waals surface area contributed by atoms with Crippen molar-refractivity contribution in [2.75, 3.05) is 19.7 Å². The van der Waals surface area contributed by atoms with Crippen molar-refractivity contribution < 1.29 is 14.7 Å². The van der Waals surface area contributed by atoms with Gasteiger partial charge in [0.15, 0.2) is 0 Å². The van der Waals surface area contributed by atoms with E-state index in [1.165, 1.54) is 5.56 Å². The molecule has 0 radical (unpaired) electrons. The number of benzene rings is 1. The highest BCUT2D eigenvalue weighted by atomic mass is 16.3. The molecule has 0 saturated heterocycles. The van der Waals surface area contributed by atoms with Crippen molar-refractivity contribution in [2.45, 2.75) is 37.5 Å². The van der Waals surface area contributed by atoms with Gasteiger partial charge in [0.05, 0.1) is 0 Å². The van der Waals surface area contributed by atoms with E-state index >= 15 is 0 Å². The summed E-state index contributed by atoms with van der Waals surface area (Å²) in [6.45, 7) is 0.800. The summed E-state index contributed by atoms with van der Waals surface area (Å²) in [7, 11) is 0. The van der Waals surface area contributed by atoms with E-state index in [1.54, 1.807) is 0 Å². The minimum Gasteiger partial charge on any atom is -0.396 e. The molecular formula is C17H24N2O3. The molecule has 3 N–H and O–H groups in total. The number of rotatable bonds is 6. The third-order valence-corrected chi connectivity index (χ3v) is 4.36. The van der Waals surface area contributed by atoms with Crippen LogP contribution in [0.15, 0.2) is 30.3 Å². The Bertz CT molecular complexity index is 496. The molecule has 120 valence electrons. The first-order valence-corrected chi connectivity index (χ1v) is 7.90. The smallest absolute Gasteiger partial charge is 0.309 e. The van der Waals surface area contributed by atoms with E-state index in [4.69, 9.17) is 5.11 Å². The fraction of sp³-hybridized carbons (Fsp3) is 0.529. The Hall–Kier alpha value is -1.88. The van der Waals surface area contributed by atoms with E-state index in [-0.39, 0.29) is 12.0 Å². The molecule has 1 aliphatic rings. The van der Waals surface area contributed by atoms with Crippen molar-refractivity contribution in [1.29, 1.82) is 0 Å². The van der Waals surface area contributed by atoms with Crippen LogP contribution in [0.4, 0.5) is 0 Å². The lowest BCUT2D eigenvalue weighted by Crippen LogP contribution is -2.45. The Kier molecular flexibility index (Phi) is 5.95. The molecule has 1 fully saturated rings. The average molecular weight is 304 g/mol. The third-order valence-electron chi connectivity index (χ3n) is 4.36. The second-order valence-corrected chi connectivity index (χ2v) is 5.87. The van der Waals surface area contributed by atoms with Gasteiger partial charge in [0.25, 0.3) is 0 Å². The van der Waals surface area contributed by atoms with Gasteiger partial charge in [0, 0.05) is 25.1 Å². The van der Waals surface area contributed by atoms with Crippen LogP contribution in [0.2, 0.25) is 0 Å². The van der Waals surface area contributed by atoms with Crippen LogP contribution in [-0.4, -0.2) is 36.6 Å². The van der Waals surface area contributed by atoms with Gasteiger partial charge in [-0.05, 0) is 24.8 Å². The largest absolute Gasteiger partial charge is 0.396 e. The van der Waals surface area contributed by atoms with Gasteiger partial charge in [-0.2, -0.15) is 0 Å². The molecule has 1 saturated carbocycles. The van der Waals surface area contributed by atoms with Crippen molar-refractivity contribution in [3.8, 4) is 0 Å². The predicted octanol–water partition coefficient (Wildman–Crippen LogP) is 1.11. The minimum absolute atomic E-state index is 0.000975. The number of amides is 2. The molecule has 0 unspecified atom stereocenters. The van der Waals surface area contributed by atoms with Crippen molar-refractivity contribution in [2.24, 2.45) is 0 Å². The van der Waals surface area contributed by atoms with Crippen molar-refractivity contribution in [3.05, 3.63) is 35.9 Å². The summed E-state index contributed by atoms with van der Waals surface area (Å²) in [5, 5.41) is 13.9. The lowest BCUT2D eigenvalue weighted by molar-refractivity contribution is -0.139. The molecule has 22 heavy (non-hydrogen) atoms. The first kappa shape index (κ1) is 16.5. The van der Waals surface area contributed by atoms with Crippen LogP contribution in [0.25, 0.3) is 0 Å². The zero-order chi connectivity index (χ0) is 15.8. The maximum absolute atomic E-state index is 11.9. The molecule has 2 rings (SSSR count). The Balaban J connectivity index is 1.93. The van der Waals surface area contributed by atoms with Crippen LogP contribution in [0, 0.1) is 0 Å². The molecule has 1 aromatic carbocycles. The highest BCUT2D eigenvalue weighted by molar-refractivity contribution is 6.35. The quantitative estimate of drug-likeness (QED) is 0.544. The fourth-order valence-electron chi connectivity index (χ4n) is 3.10. The maximum Gasteiger partial charge on any atom is 0.309 e. The average Bonchev–Trinajstić information content (AvgIpc) is 3.04. The summed E-state index contributed by atoms with van der Waals surface area (Å²) < 4.78 is 0. The van der Waals surface area contributed by atoms with Gasteiger partial charge in [-0.25, -0.2) is 0 Å². The molecule has 5 heteroatoms. The third kappa shape index (κ3) is 4.07. The summed E-state index contributed by atoms with van der Waals surface area (Å²) in [5.41, 5.74) is 1.18. The normalized spacial score (nSPS) is 16.2. The predicted molar refractivity (Wildman–Crippen MR) is 84.3 cm³/mol. The van der Waals surface area contributed by atoms with Gasteiger partial charge in [-0.1, -0.05) is 43.2 Å². The van der Waals surface area contributed by atoms with E-state index in [1.807, 2.05) is 18.2 Å². The monoisotopic (exact) mass is 304 g/mol. The molecular weight excluding hydrogens is 280 g/mol. The molecule has 1 aromatic rings. The van der Waals surface area contributed by atoms with Gasteiger partial charge in [-0.3, -0.25) is 9.59 Å². The number of aliphatic hydroxyl groups excluding tert-OH is 1. The molecule has 1 aliphatic carbocycles. The summed E-state index contributed by atoms with van der Waals surface area (Å²) in [5.74, 6) is -1.23. The Labute approximate surface area is 131 Å². The lowest BCUT2D eigenvalue weighted by Gasteiger charge is -2.29. The van der Waals surface area contributed by atoms with Crippen LogP contribution in [-0.2, 0) is 15.0 Å². The topological polar surface area (TPSA) is 78.4 Å². The molecule has 0 aromatic heterocycles. The molecule has 0 heterocycles. The second-order valence-electron chi connectivity index (χ2n) is 5.87. The zero-order valence-electron chi connectivity index (χ0n) is 12.8. The maximum atomic E-state index is 11.9. The number of nitrogens with one attached hydrogen (secondary N) is 2. The van der Waals surface area contributed by atoms with E-state index in [9.17, 15) is 9.59 Å².